The van der Waals surface area contributed by atoms with Crippen LogP contribution in [-0.2, 0) is 0 Å². The lowest BCUT2D eigenvalue weighted by Crippen LogP contribution is -2.17. The minimum atomic E-state index is 0.422. The summed E-state index contributed by atoms with van der Waals surface area (Å²) in [6, 6.07) is 2.25. The van der Waals surface area contributed by atoms with Crippen LogP contribution in [0, 0.1) is 16.7 Å². The average Bonchev–Trinajstić information content (AvgIpc) is 2.01. The van der Waals surface area contributed by atoms with Crippen LogP contribution in [0.4, 0.5) is 0 Å². The molecule has 1 saturated carbocycles. The Morgan fingerprint density at radius 3 is 2.67 bits per heavy atom. The second-order valence-electron chi connectivity index (χ2n) is 4.53. The first kappa shape index (κ1) is 9.32. The standard InChI is InChI=1S/C11H17N/c1-9(8-12)10-5-4-6-11(2,3)7-10/h4-7H2,1-3H3/b10-9+. The third-order valence-electron chi connectivity index (χ3n) is 2.72. The molecule has 0 heterocycles. The van der Waals surface area contributed by atoms with Crippen molar-refractivity contribution in [2.45, 2.75) is 46.5 Å². The minimum absolute atomic E-state index is 0.422. The van der Waals surface area contributed by atoms with E-state index < -0.39 is 0 Å². The largest absolute Gasteiger partial charge is 0.193 e. The molecular formula is C11H17N. The molecule has 1 rings (SSSR count). The topological polar surface area (TPSA) is 23.8 Å². The van der Waals surface area contributed by atoms with Crippen LogP contribution in [0.3, 0.4) is 0 Å². The predicted molar refractivity (Wildman–Crippen MR) is 50.6 cm³/mol. The van der Waals surface area contributed by atoms with Crippen LogP contribution in [0.25, 0.3) is 0 Å². The second-order valence-corrected chi connectivity index (χ2v) is 4.53. The maximum atomic E-state index is 8.75. The number of rotatable bonds is 0. The third-order valence-corrected chi connectivity index (χ3v) is 2.72. The minimum Gasteiger partial charge on any atom is -0.193 e. The van der Waals surface area contributed by atoms with E-state index >= 15 is 0 Å². The van der Waals surface area contributed by atoms with Gasteiger partial charge in [-0.2, -0.15) is 5.26 Å². The van der Waals surface area contributed by atoms with Gasteiger partial charge in [0.2, 0.25) is 0 Å². The van der Waals surface area contributed by atoms with Crippen molar-refractivity contribution in [3.05, 3.63) is 11.1 Å². The summed E-state index contributed by atoms with van der Waals surface area (Å²) in [5.74, 6) is 0. The maximum absolute atomic E-state index is 8.75. The Hall–Kier alpha value is -0.770. The first-order valence-corrected chi connectivity index (χ1v) is 4.64. The monoisotopic (exact) mass is 163 g/mol. The zero-order chi connectivity index (χ0) is 9.19. The molecule has 0 aromatic rings. The van der Waals surface area contributed by atoms with Crippen LogP contribution in [0.5, 0.6) is 0 Å². The summed E-state index contributed by atoms with van der Waals surface area (Å²) in [7, 11) is 0. The van der Waals surface area contributed by atoms with Crippen LogP contribution in [-0.4, -0.2) is 0 Å². The van der Waals surface area contributed by atoms with E-state index in [1.165, 1.54) is 18.4 Å². The highest BCUT2D eigenvalue weighted by Gasteiger charge is 2.24. The fourth-order valence-electron chi connectivity index (χ4n) is 1.93. The molecule has 0 saturated heterocycles. The van der Waals surface area contributed by atoms with Gasteiger partial charge in [-0.25, -0.2) is 0 Å². The molecule has 0 N–H and O–H groups in total. The molecule has 0 radical (unpaired) electrons. The van der Waals surface area contributed by atoms with Gasteiger partial charge in [0.25, 0.3) is 0 Å². The van der Waals surface area contributed by atoms with Crippen molar-refractivity contribution in [2.75, 3.05) is 0 Å². The van der Waals surface area contributed by atoms with Crippen LogP contribution >= 0.6 is 0 Å². The number of hydrogen-bond donors (Lipinski definition) is 0. The van der Waals surface area contributed by atoms with Crippen molar-refractivity contribution < 1.29 is 0 Å². The molecule has 1 aliphatic carbocycles. The molecule has 1 heteroatoms. The predicted octanol–water partition coefficient (Wildman–Crippen LogP) is 3.43. The van der Waals surface area contributed by atoms with Gasteiger partial charge < -0.3 is 0 Å². The van der Waals surface area contributed by atoms with E-state index in [1.54, 1.807) is 0 Å². The summed E-state index contributed by atoms with van der Waals surface area (Å²) < 4.78 is 0. The second kappa shape index (κ2) is 3.31. The Bertz CT molecular complexity index is 240. The summed E-state index contributed by atoms with van der Waals surface area (Å²) in [5, 5.41) is 8.75. The van der Waals surface area contributed by atoms with Gasteiger partial charge in [0.1, 0.15) is 0 Å². The van der Waals surface area contributed by atoms with E-state index in [2.05, 4.69) is 19.9 Å². The van der Waals surface area contributed by atoms with Gasteiger partial charge >= 0.3 is 0 Å². The van der Waals surface area contributed by atoms with Gasteiger partial charge in [0.15, 0.2) is 0 Å². The first-order valence-electron chi connectivity index (χ1n) is 4.64. The Morgan fingerprint density at radius 1 is 1.50 bits per heavy atom. The van der Waals surface area contributed by atoms with Crippen LogP contribution in [0.2, 0.25) is 0 Å². The Kier molecular flexibility index (Phi) is 2.57. The third kappa shape index (κ3) is 2.11. The van der Waals surface area contributed by atoms with Gasteiger partial charge in [-0.3, -0.25) is 0 Å². The number of nitriles is 1. The van der Waals surface area contributed by atoms with Gasteiger partial charge in [-0.05, 0) is 38.0 Å². The molecule has 12 heavy (non-hydrogen) atoms. The highest BCUT2D eigenvalue weighted by atomic mass is 14.3. The summed E-state index contributed by atoms with van der Waals surface area (Å²) in [4.78, 5) is 0. The summed E-state index contributed by atoms with van der Waals surface area (Å²) in [6.45, 7) is 6.52. The molecule has 0 aromatic carbocycles. The molecule has 1 fully saturated rings. The molecule has 0 atom stereocenters. The highest BCUT2D eigenvalue weighted by Crippen LogP contribution is 2.39. The summed E-state index contributed by atoms with van der Waals surface area (Å²) in [5.41, 5.74) is 2.75. The van der Waals surface area contributed by atoms with E-state index in [4.69, 9.17) is 5.26 Å². The zero-order valence-corrected chi connectivity index (χ0v) is 8.28. The van der Waals surface area contributed by atoms with E-state index in [9.17, 15) is 0 Å². The molecule has 0 aromatic heterocycles. The lowest BCUT2D eigenvalue weighted by atomic mass is 9.74. The normalized spacial score (nSPS) is 26.2. The SMILES string of the molecule is C/C(C#N)=C1/CCCC(C)(C)C1. The lowest BCUT2D eigenvalue weighted by Gasteiger charge is -2.31. The Balaban J connectivity index is 2.78. The molecule has 0 amide bonds. The molecule has 1 nitrogen and oxygen atoms in total. The van der Waals surface area contributed by atoms with Crippen molar-refractivity contribution in [3.8, 4) is 6.07 Å². The van der Waals surface area contributed by atoms with E-state index in [1.807, 2.05) is 6.92 Å². The van der Waals surface area contributed by atoms with Gasteiger partial charge in [-0.1, -0.05) is 19.4 Å². The van der Waals surface area contributed by atoms with Crippen molar-refractivity contribution in [2.24, 2.45) is 5.41 Å². The quantitative estimate of drug-likeness (QED) is 0.502. The molecule has 0 spiro atoms. The zero-order valence-electron chi connectivity index (χ0n) is 8.28. The fraction of sp³-hybridized carbons (Fsp3) is 0.727. The summed E-state index contributed by atoms with van der Waals surface area (Å²) in [6.07, 6.45) is 4.81. The number of allylic oxidation sites excluding steroid dienone is 2. The van der Waals surface area contributed by atoms with Crippen molar-refractivity contribution in [3.63, 3.8) is 0 Å². The van der Waals surface area contributed by atoms with E-state index in [-0.39, 0.29) is 0 Å². The average molecular weight is 163 g/mol. The Labute approximate surface area is 75.1 Å². The molecule has 66 valence electrons. The lowest BCUT2D eigenvalue weighted by molar-refractivity contribution is 0.288. The van der Waals surface area contributed by atoms with Crippen molar-refractivity contribution in [1.29, 1.82) is 5.26 Å². The van der Waals surface area contributed by atoms with Gasteiger partial charge in [-0.15, -0.1) is 0 Å². The fourth-order valence-corrected chi connectivity index (χ4v) is 1.93. The molecular weight excluding hydrogens is 146 g/mol. The Morgan fingerprint density at radius 2 is 2.17 bits per heavy atom. The number of nitrogens with zero attached hydrogens (tertiary/aromatic N) is 1. The molecule has 1 aliphatic rings. The van der Waals surface area contributed by atoms with Gasteiger partial charge in [0.05, 0.1) is 6.07 Å². The summed E-state index contributed by atoms with van der Waals surface area (Å²) >= 11 is 0. The maximum Gasteiger partial charge on any atom is 0.0943 e. The van der Waals surface area contributed by atoms with E-state index in [0.29, 0.717) is 5.41 Å². The van der Waals surface area contributed by atoms with Gasteiger partial charge in [0, 0.05) is 5.57 Å². The molecule has 0 aliphatic heterocycles. The van der Waals surface area contributed by atoms with Crippen LogP contribution in [0.15, 0.2) is 11.1 Å². The number of hydrogen-bond acceptors (Lipinski definition) is 1. The van der Waals surface area contributed by atoms with E-state index in [0.717, 1.165) is 18.4 Å². The van der Waals surface area contributed by atoms with Crippen LogP contribution in [0.1, 0.15) is 46.5 Å². The van der Waals surface area contributed by atoms with Crippen molar-refractivity contribution in [1.82, 2.24) is 0 Å². The smallest absolute Gasteiger partial charge is 0.0943 e. The highest BCUT2D eigenvalue weighted by molar-refractivity contribution is 5.27. The first-order chi connectivity index (χ1) is 5.55. The van der Waals surface area contributed by atoms with Crippen molar-refractivity contribution >= 4 is 0 Å². The van der Waals surface area contributed by atoms with Crippen LogP contribution < -0.4 is 0 Å². The molecule has 0 unspecified atom stereocenters. The molecule has 0 bridgehead atoms.